The van der Waals surface area contributed by atoms with Crippen LogP contribution in [0.15, 0.2) is 49.8 Å². The highest BCUT2D eigenvalue weighted by atomic mass is 79.9. The van der Waals surface area contributed by atoms with Crippen LogP contribution in [0.5, 0.6) is 0 Å². The summed E-state index contributed by atoms with van der Waals surface area (Å²) in [4.78, 5) is 15.3. The minimum atomic E-state index is -0.986. The van der Waals surface area contributed by atoms with Crippen molar-refractivity contribution in [1.82, 2.24) is 4.98 Å². The highest BCUT2D eigenvalue weighted by Crippen LogP contribution is 2.32. The molecule has 2 aromatic carbocycles. The Labute approximate surface area is 130 Å². The molecule has 0 aliphatic carbocycles. The van der Waals surface area contributed by atoms with E-state index in [2.05, 4.69) is 36.8 Å². The first-order valence-electron chi connectivity index (χ1n) is 5.64. The minimum absolute atomic E-state index is 0.186. The van der Waals surface area contributed by atoms with Crippen LogP contribution < -0.4 is 0 Å². The van der Waals surface area contributed by atoms with E-state index in [-0.39, 0.29) is 5.56 Å². The van der Waals surface area contributed by atoms with E-state index >= 15 is 0 Å². The number of oxazole rings is 1. The molecule has 6 heteroatoms. The van der Waals surface area contributed by atoms with Crippen molar-refractivity contribution in [3.8, 4) is 11.5 Å². The third-order valence-corrected chi connectivity index (χ3v) is 3.98. The lowest BCUT2D eigenvalue weighted by atomic mass is 10.2. The first kappa shape index (κ1) is 13.3. The van der Waals surface area contributed by atoms with Crippen LogP contribution in [0.1, 0.15) is 10.4 Å². The summed E-state index contributed by atoms with van der Waals surface area (Å²) >= 11 is 6.85. The maximum atomic E-state index is 10.9. The maximum Gasteiger partial charge on any atom is 0.335 e. The van der Waals surface area contributed by atoms with Gasteiger partial charge in [-0.3, -0.25) is 0 Å². The average Bonchev–Trinajstić information content (AvgIpc) is 2.83. The van der Waals surface area contributed by atoms with Gasteiger partial charge in [0.1, 0.15) is 5.52 Å². The molecule has 0 radical (unpaired) electrons. The summed E-state index contributed by atoms with van der Waals surface area (Å²) in [5.74, 6) is -0.546. The fraction of sp³-hybridized carbons (Fsp3) is 0. The van der Waals surface area contributed by atoms with E-state index in [9.17, 15) is 4.79 Å². The van der Waals surface area contributed by atoms with Crippen LogP contribution in [0.4, 0.5) is 0 Å². The molecule has 0 fully saturated rings. The Bertz CT molecular complexity index is 826. The van der Waals surface area contributed by atoms with Crippen molar-refractivity contribution in [3.05, 3.63) is 50.9 Å². The van der Waals surface area contributed by atoms with Crippen LogP contribution in [-0.4, -0.2) is 16.1 Å². The van der Waals surface area contributed by atoms with E-state index in [1.165, 1.54) is 12.1 Å². The molecule has 4 nitrogen and oxygen atoms in total. The Morgan fingerprint density at radius 2 is 1.95 bits per heavy atom. The normalized spacial score (nSPS) is 10.9. The monoisotopic (exact) mass is 395 g/mol. The highest BCUT2D eigenvalue weighted by molar-refractivity contribution is 9.11. The first-order valence-corrected chi connectivity index (χ1v) is 7.22. The molecule has 0 aliphatic heterocycles. The van der Waals surface area contributed by atoms with Gasteiger partial charge in [-0.1, -0.05) is 15.9 Å². The van der Waals surface area contributed by atoms with E-state index in [0.717, 1.165) is 14.5 Å². The molecule has 0 amide bonds. The highest BCUT2D eigenvalue weighted by Gasteiger charge is 2.13. The van der Waals surface area contributed by atoms with Crippen LogP contribution in [0, 0.1) is 0 Å². The zero-order chi connectivity index (χ0) is 14.3. The lowest BCUT2D eigenvalue weighted by molar-refractivity contribution is 0.0697. The molecular weight excluding hydrogens is 390 g/mol. The lowest BCUT2D eigenvalue weighted by Gasteiger charge is -1.99. The second kappa shape index (κ2) is 5.03. The number of fused-ring (bicyclic) bond motifs is 1. The molecule has 0 atom stereocenters. The van der Waals surface area contributed by atoms with E-state index in [1.807, 2.05) is 18.2 Å². The molecule has 0 spiro atoms. The van der Waals surface area contributed by atoms with Crippen LogP contribution in [0.3, 0.4) is 0 Å². The molecule has 3 aromatic rings. The standard InChI is InChI=1S/C14H7Br2NO3/c15-8-2-3-10(16)9(6-8)13-17-11-5-7(14(18)19)1-4-12(11)20-13/h1-6H,(H,18,19). The van der Waals surface area contributed by atoms with Gasteiger partial charge in [-0.15, -0.1) is 0 Å². The number of nitrogens with zero attached hydrogens (tertiary/aromatic N) is 1. The molecule has 20 heavy (non-hydrogen) atoms. The van der Waals surface area contributed by atoms with Gasteiger partial charge in [-0.2, -0.15) is 0 Å². The van der Waals surface area contributed by atoms with Crippen molar-refractivity contribution in [3.63, 3.8) is 0 Å². The predicted octanol–water partition coefficient (Wildman–Crippen LogP) is 4.72. The molecule has 0 saturated heterocycles. The summed E-state index contributed by atoms with van der Waals surface area (Å²) in [5, 5.41) is 8.98. The second-order valence-corrected chi connectivity index (χ2v) is 5.90. The summed E-state index contributed by atoms with van der Waals surface area (Å²) in [7, 11) is 0. The number of hydrogen-bond donors (Lipinski definition) is 1. The van der Waals surface area contributed by atoms with Crippen molar-refractivity contribution in [1.29, 1.82) is 0 Å². The van der Waals surface area contributed by atoms with Gasteiger partial charge in [0.05, 0.1) is 11.1 Å². The van der Waals surface area contributed by atoms with Gasteiger partial charge in [-0.05, 0) is 52.3 Å². The zero-order valence-electron chi connectivity index (χ0n) is 9.93. The molecule has 0 unspecified atom stereocenters. The molecule has 1 aromatic heterocycles. The largest absolute Gasteiger partial charge is 0.478 e. The summed E-state index contributed by atoms with van der Waals surface area (Å²) in [6.45, 7) is 0. The summed E-state index contributed by atoms with van der Waals surface area (Å²) in [6, 6.07) is 10.3. The number of rotatable bonds is 2. The predicted molar refractivity (Wildman–Crippen MR) is 81.8 cm³/mol. The van der Waals surface area contributed by atoms with Crippen LogP contribution in [0.25, 0.3) is 22.6 Å². The minimum Gasteiger partial charge on any atom is -0.478 e. The van der Waals surface area contributed by atoms with E-state index in [4.69, 9.17) is 9.52 Å². The number of carboxylic acids is 1. The lowest BCUT2D eigenvalue weighted by Crippen LogP contribution is -1.94. The SMILES string of the molecule is O=C(O)c1ccc2oc(-c3cc(Br)ccc3Br)nc2c1. The maximum absolute atomic E-state index is 10.9. The Balaban J connectivity index is 2.17. The topological polar surface area (TPSA) is 63.3 Å². The molecule has 0 saturated carbocycles. The second-order valence-electron chi connectivity index (χ2n) is 4.13. The number of hydrogen-bond acceptors (Lipinski definition) is 3. The molecule has 1 heterocycles. The Kier molecular flexibility index (Phi) is 3.35. The third-order valence-electron chi connectivity index (χ3n) is 2.79. The van der Waals surface area contributed by atoms with Gasteiger partial charge in [0.25, 0.3) is 0 Å². The summed E-state index contributed by atoms with van der Waals surface area (Å²) in [5.41, 5.74) is 2.06. The van der Waals surface area contributed by atoms with Gasteiger partial charge < -0.3 is 9.52 Å². The fourth-order valence-electron chi connectivity index (χ4n) is 1.84. The van der Waals surface area contributed by atoms with Crippen LogP contribution >= 0.6 is 31.9 Å². The zero-order valence-corrected chi connectivity index (χ0v) is 13.1. The van der Waals surface area contributed by atoms with Gasteiger partial charge in [0.15, 0.2) is 5.58 Å². The van der Waals surface area contributed by atoms with E-state index in [0.29, 0.717) is 17.0 Å². The summed E-state index contributed by atoms with van der Waals surface area (Å²) in [6.07, 6.45) is 0. The number of benzene rings is 2. The Morgan fingerprint density at radius 3 is 2.70 bits per heavy atom. The van der Waals surface area contributed by atoms with Crippen molar-refractivity contribution in [2.75, 3.05) is 0 Å². The number of carbonyl (C=O) groups is 1. The van der Waals surface area contributed by atoms with Crippen molar-refractivity contribution in [2.45, 2.75) is 0 Å². The number of aromatic carboxylic acids is 1. The Morgan fingerprint density at radius 1 is 1.15 bits per heavy atom. The number of aromatic nitrogens is 1. The smallest absolute Gasteiger partial charge is 0.335 e. The van der Waals surface area contributed by atoms with Gasteiger partial charge in [0.2, 0.25) is 5.89 Å². The van der Waals surface area contributed by atoms with Crippen LogP contribution in [-0.2, 0) is 0 Å². The number of halogens is 2. The molecule has 1 N–H and O–H groups in total. The van der Waals surface area contributed by atoms with Crippen molar-refractivity contribution >= 4 is 48.9 Å². The van der Waals surface area contributed by atoms with Gasteiger partial charge >= 0.3 is 5.97 Å². The quantitative estimate of drug-likeness (QED) is 0.680. The molecule has 0 aliphatic rings. The molecule has 0 bridgehead atoms. The van der Waals surface area contributed by atoms with Gasteiger partial charge in [0, 0.05) is 8.95 Å². The number of carboxylic acid groups (broad SMARTS) is 1. The Hall–Kier alpha value is -1.66. The third kappa shape index (κ3) is 2.36. The fourth-order valence-corrected chi connectivity index (χ4v) is 2.61. The van der Waals surface area contributed by atoms with E-state index in [1.54, 1.807) is 6.07 Å². The average molecular weight is 397 g/mol. The van der Waals surface area contributed by atoms with Crippen molar-refractivity contribution in [2.24, 2.45) is 0 Å². The molecule has 3 rings (SSSR count). The van der Waals surface area contributed by atoms with Gasteiger partial charge in [-0.25, -0.2) is 9.78 Å². The van der Waals surface area contributed by atoms with Crippen molar-refractivity contribution < 1.29 is 14.3 Å². The molecular formula is C14H7Br2NO3. The molecule has 100 valence electrons. The van der Waals surface area contributed by atoms with Crippen LogP contribution in [0.2, 0.25) is 0 Å². The first-order chi connectivity index (χ1) is 9.54. The summed E-state index contributed by atoms with van der Waals surface area (Å²) < 4.78 is 7.43. The van der Waals surface area contributed by atoms with E-state index < -0.39 is 5.97 Å².